The highest BCUT2D eigenvalue weighted by Gasteiger charge is 2.21. The molecule has 0 unspecified atom stereocenters. The number of carbonyl (C=O) groups is 1. The number of carbonyl (C=O) groups excluding carboxylic acids is 1. The van der Waals surface area contributed by atoms with Crippen molar-refractivity contribution in [3.8, 4) is 0 Å². The average molecular weight is 337 g/mol. The third-order valence-electron chi connectivity index (χ3n) is 4.85. The molecule has 0 bridgehead atoms. The second kappa shape index (κ2) is 8.79. The van der Waals surface area contributed by atoms with Gasteiger partial charge in [0, 0.05) is 26.2 Å². The Hall–Kier alpha value is -2.17. The molecule has 1 heterocycles. The Morgan fingerprint density at radius 1 is 0.880 bits per heavy atom. The molecule has 1 aliphatic heterocycles. The van der Waals surface area contributed by atoms with Gasteiger partial charge in [0.05, 0.1) is 12.6 Å². The third-order valence-corrected chi connectivity index (χ3v) is 4.85. The topological polar surface area (TPSA) is 35.6 Å². The molecular weight excluding hydrogens is 310 g/mol. The van der Waals surface area contributed by atoms with E-state index in [1.165, 1.54) is 0 Å². The van der Waals surface area contributed by atoms with E-state index in [2.05, 4.69) is 46.3 Å². The summed E-state index contributed by atoms with van der Waals surface area (Å²) in [6.45, 7) is 7.75. The van der Waals surface area contributed by atoms with Crippen molar-refractivity contribution < 1.29 is 4.79 Å². The summed E-state index contributed by atoms with van der Waals surface area (Å²) in [5, 5.41) is 3.23. The predicted octanol–water partition coefficient (Wildman–Crippen LogP) is 2.53. The molecule has 1 aliphatic rings. The summed E-state index contributed by atoms with van der Waals surface area (Å²) >= 11 is 0. The van der Waals surface area contributed by atoms with Gasteiger partial charge in [-0.05, 0) is 17.7 Å². The van der Waals surface area contributed by atoms with E-state index in [0.29, 0.717) is 6.54 Å². The lowest BCUT2D eigenvalue weighted by Crippen LogP contribution is -2.49. The molecule has 1 saturated heterocycles. The van der Waals surface area contributed by atoms with Crippen LogP contribution in [-0.2, 0) is 4.79 Å². The van der Waals surface area contributed by atoms with E-state index < -0.39 is 0 Å². The summed E-state index contributed by atoms with van der Waals surface area (Å²) in [6, 6.07) is 20.2. The zero-order valence-corrected chi connectivity index (χ0v) is 14.9. The van der Waals surface area contributed by atoms with E-state index in [1.54, 1.807) is 0 Å². The number of rotatable bonds is 6. The number of amides is 1. The van der Waals surface area contributed by atoms with E-state index in [1.807, 2.05) is 36.4 Å². The molecule has 4 heteroatoms. The molecule has 0 spiro atoms. The molecule has 3 rings (SSSR count). The van der Waals surface area contributed by atoms with Crippen molar-refractivity contribution in [2.75, 3.05) is 39.3 Å². The third kappa shape index (κ3) is 4.91. The second-order valence-corrected chi connectivity index (χ2v) is 6.53. The molecule has 2 aromatic carbocycles. The van der Waals surface area contributed by atoms with Crippen LogP contribution < -0.4 is 5.32 Å². The Morgan fingerprint density at radius 2 is 1.36 bits per heavy atom. The summed E-state index contributed by atoms with van der Waals surface area (Å²) in [4.78, 5) is 17.3. The van der Waals surface area contributed by atoms with Crippen LogP contribution in [-0.4, -0.2) is 55.0 Å². The van der Waals surface area contributed by atoms with Crippen LogP contribution in [0.5, 0.6) is 0 Å². The van der Waals surface area contributed by atoms with Crippen LogP contribution >= 0.6 is 0 Å². The first kappa shape index (κ1) is 17.6. The predicted molar refractivity (Wildman–Crippen MR) is 101 cm³/mol. The molecule has 1 N–H and O–H groups in total. The highest BCUT2D eigenvalue weighted by Crippen LogP contribution is 2.21. The lowest BCUT2D eigenvalue weighted by molar-refractivity contribution is -0.123. The van der Waals surface area contributed by atoms with Gasteiger partial charge in [-0.25, -0.2) is 0 Å². The van der Waals surface area contributed by atoms with Crippen LogP contribution in [0.15, 0.2) is 60.7 Å². The number of nitrogens with one attached hydrogen (secondary N) is 1. The van der Waals surface area contributed by atoms with Crippen LogP contribution in [0.3, 0.4) is 0 Å². The minimum absolute atomic E-state index is 0.0858. The fraction of sp³-hybridized carbons (Fsp3) is 0.381. The normalized spacial score (nSPS) is 16.1. The summed E-state index contributed by atoms with van der Waals surface area (Å²) in [7, 11) is 0. The van der Waals surface area contributed by atoms with E-state index >= 15 is 0 Å². The zero-order chi connectivity index (χ0) is 17.5. The van der Waals surface area contributed by atoms with Gasteiger partial charge < -0.3 is 10.2 Å². The highest BCUT2D eigenvalue weighted by molar-refractivity contribution is 5.79. The number of likely N-dealkylation sites (N-methyl/N-ethyl adjacent to an activating group) is 1. The minimum Gasteiger partial charge on any atom is -0.344 e. The summed E-state index contributed by atoms with van der Waals surface area (Å²) < 4.78 is 0. The lowest BCUT2D eigenvalue weighted by Gasteiger charge is -2.33. The molecule has 1 amide bonds. The van der Waals surface area contributed by atoms with E-state index in [4.69, 9.17) is 0 Å². The van der Waals surface area contributed by atoms with Crippen LogP contribution in [0, 0.1) is 0 Å². The Labute approximate surface area is 150 Å². The molecule has 0 aromatic heterocycles. The fourth-order valence-electron chi connectivity index (χ4n) is 3.32. The highest BCUT2D eigenvalue weighted by atomic mass is 16.2. The van der Waals surface area contributed by atoms with Gasteiger partial charge in [0.1, 0.15) is 0 Å². The molecule has 0 saturated carbocycles. The van der Waals surface area contributed by atoms with Gasteiger partial charge in [0.2, 0.25) is 5.91 Å². The van der Waals surface area contributed by atoms with E-state index in [-0.39, 0.29) is 11.9 Å². The van der Waals surface area contributed by atoms with Crippen molar-refractivity contribution in [3.05, 3.63) is 71.8 Å². The maximum Gasteiger partial charge on any atom is 0.234 e. The zero-order valence-electron chi connectivity index (χ0n) is 14.9. The number of benzene rings is 2. The van der Waals surface area contributed by atoms with Crippen LogP contribution in [0.1, 0.15) is 24.1 Å². The Bertz CT molecular complexity index is 612. The SMILES string of the molecule is CCN1CCN(CC(=O)NC(c2ccccc2)c2ccccc2)CC1. The summed E-state index contributed by atoms with van der Waals surface area (Å²) in [6.07, 6.45) is 0. The molecule has 2 aromatic rings. The molecular formula is C21H27N3O. The molecule has 0 aliphatic carbocycles. The second-order valence-electron chi connectivity index (χ2n) is 6.53. The molecule has 25 heavy (non-hydrogen) atoms. The van der Waals surface area contributed by atoms with Gasteiger partial charge in [0.15, 0.2) is 0 Å². The maximum absolute atomic E-state index is 12.7. The van der Waals surface area contributed by atoms with Crippen molar-refractivity contribution in [1.82, 2.24) is 15.1 Å². The van der Waals surface area contributed by atoms with Crippen molar-refractivity contribution in [3.63, 3.8) is 0 Å². The monoisotopic (exact) mass is 337 g/mol. The molecule has 4 nitrogen and oxygen atoms in total. The summed E-state index contributed by atoms with van der Waals surface area (Å²) in [5.41, 5.74) is 2.22. The van der Waals surface area contributed by atoms with E-state index in [0.717, 1.165) is 43.9 Å². The number of nitrogens with zero attached hydrogens (tertiary/aromatic N) is 2. The Balaban J connectivity index is 1.65. The van der Waals surface area contributed by atoms with Crippen molar-refractivity contribution in [2.24, 2.45) is 0 Å². The quantitative estimate of drug-likeness (QED) is 0.880. The van der Waals surface area contributed by atoms with E-state index in [9.17, 15) is 4.79 Å². The largest absolute Gasteiger partial charge is 0.344 e. The van der Waals surface area contributed by atoms with Gasteiger partial charge >= 0.3 is 0 Å². The van der Waals surface area contributed by atoms with Gasteiger partial charge in [-0.15, -0.1) is 0 Å². The standard InChI is InChI=1S/C21H27N3O/c1-2-23-13-15-24(16-14-23)17-20(25)22-21(18-9-5-3-6-10-18)19-11-7-4-8-12-19/h3-12,21H,2,13-17H2,1H3,(H,22,25). The van der Waals surface area contributed by atoms with Crippen molar-refractivity contribution in [1.29, 1.82) is 0 Å². The Kier molecular flexibility index (Phi) is 6.20. The van der Waals surface area contributed by atoms with Crippen LogP contribution in [0.2, 0.25) is 0 Å². The van der Waals surface area contributed by atoms with Crippen molar-refractivity contribution >= 4 is 5.91 Å². The van der Waals surface area contributed by atoms with Gasteiger partial charge in [0.25, 0.3) is 0 Å². The van der Waals surface area contributed by atoms with Crippen LogP contribution in [0.4, 0.5) is 0 Å². The van der Waals surface area contributed by atoms with Gasteiger partial charge in [-0.2, -0.15) is 0 Å². The van der Waals surface area contributed by atoms with Gasteiger partial charge in [-0.3, -0.25) is 9.69 Å². The molecule has 0 atom stereocenters. The first-order valence-electron chi connectivity index (χ1n) is 9.10. The molecule has 132 valence electrons. The number of hydrogen-bond donors (Lipinski definition) is 1. The first-order chi connectivity index (χ1) is 12.3. The first-order valence-corrected chi connectivity index (χ1v) is 9.10. The van der Waals surface area contributed by atoms with Crippen molar-refractivity contribution in [2.45, 2.75) is 13.0 Å². The summed E-state index contributed by atoms with van der Waals surface area (Å²) in [5.74, 6) is 0.0858. The molecule has 1 fully saturated rings. The smallest absolute Gasteiger partial charge is 0.234 e. The minimum atomic E-state index is -0.105. The fourth-order valence-corrected chi connectivity index (χ4v) is 3.32. The van der Waals surface area contributed by atoms with Gasteiger partial charge in [-0.1, -0.05) is 67.6 Å². The molecule has 0 radical (unpaired) electrons. The lowest BCUT2D eigenvalue weighted by atomic mass is 9.99. The number of hydrogen-bond acceptors (Lipinski definition) is 3. The maximum atomic E-state index is 12.7. The Morgan fingerprint density at radius 3 is 1.84 bits per heavy atom. The average Bonchev–Trinajstić information content (AvgIpc) is 2.68. The van der Waals surface area contributed by atoms with Crippen LogP contribution in [0.25, 0.3) is 0 Å². The number of piperazine rings is 1.